The van der Waals surface area contributed by atoms with Gasteiger partial charge in [-0.2, -0.15) is 0 Å². The summed E-state index contributed by atoms with van der Waals surface area (Å²) in [6, 6.07) is 8.18. The standard InChI is InChI=1S/C15H22BrNO2S/c1-3-4-11-20(18,19)17-12(2)15(9-10-15)13-5-7-14(16)8-6-13/h5-8,12,17H,3-4,9-11H2,1-2H3. The van der Waals surface area contributed by atoms with Gasteiger partial charge in [0.25, 0.3) is 0 Å². The smallest absolute Gasteiger partial charge is 0.211 e. The van der Waals surface area contributed by atoms with Gasteiger partial charge < -0.3 is 0 Å². The van der Waals surface area contributed by atoms with Gasteiger partial charge in [0.2, 0.25) is 10.0 Å². The second kappa shape index (κ2) is 6.16. The molecule has 5 heteroatoms. The minimum absolute atomic E-state index is 0.0139. The molecule has 1 aromatic carbocycles. The van der Waals surface area contributed by atoms with Gasteiger partial charge in [0.15, 0.2) is 0 Å². The summed E-state index contributed by atoms with van der Waals surface area (Å²) in [5, 5.41) is 0. The number of unbranched alkanes of at least 4 members (excludes halogenated alkanes) is 1. The molecule has 0 aliphatic heterocycles. The zero-order valence-corrected chi connectivity index (χ0v) is 14.4. The van der Waals surface area contributed by atoms with Crippen LogP contribution in [0.1, 0.15) is 45.1 Å². The molecular weight excluding hydrogens is 338 g/mol. The quantitative estimate of drug-likeness (QED) is 0.808. The highest BCUT2D eigenvalue weighted by Gasteiger charge is 2.49. The minimum atomic E-state index is -3.16. The van der Waals surface area contributed by atoms with E-state index in [2.05, 4.69) is 32.8 Å². The summed E-state index contributed by atoms with van der Waals surface area (Å²) in [5.41, 5.74) is 1.21. The molecule has 0 saturated heterocycles. The van der Waals surface area contributed by atoms with Crippen molar-refractivity contribution >= 4 is 26.0 Å². The SMILES string of the molecule is CCCCS(=O)(=O)NC(C)C1(c2ccc(Br)cc2)CC1. The van der Waals surface area contributed by atoms with E-state index in [1.807, 2.05) is 26.0 Å². The molecule has 1 atom stereocenters. The van der Waals surface area contributed by atoms with Crippen LogP contribution in [0.2, 0.25) is 0 Å². The summed E-state index contributed by atoms with van der Waals surface area (Å²) in [7, 11) is -3.16. The molecule has 0 amide bonds. The summed E-state index contributed by atoms with van der Waals surface area (Å²) in [5.74, 6) is 0.226. The van der Waals surface area contributed by atoms with Gasteiger partial charge in [0.1, 0.15) is 0 Å². The van der Waals surface area contributed by atoms with E-state index in [9.17, 15) is 8.42 Å². The molecule has 20 heavy (non-hydrogen) atoms. The molecule has 1 saturated carbocycles. The van der Waals surface area contributed by atoms with Crippen LogP contribution in [0, 0.1) is 0 Å². The fraction of sp³-hybridized carbons (Fsp3) is 0.600. The summed E-state index contributed by atoms with van der Waals surface area (Å²) in [4.78, 5) is 0. The molecule has 1 aliphatic carbocycles. The lowest BCUT2D eigenvalue weighted by atomic mass is 9.90. The van der Waals surface area contributed by atoms with Crippen molar-refractivity contribution in [1.29, 1.82) is 0 Å². The Morgan fingerprint density at radius 2 is 1.90 bits per heavy atom. The predicted molar refractivity (Wildman–Crippen MR) is 86.3 cm³/mol. The van der Waals surface area contributed by atoms with E-state index in [0.717, 1.165) is 23.7 Å². The Kier molecular flexibility index (Phi) is 4.92. The molecule has 0 radical (unpaired) electrons. The van der Waals surface area contributed by atoms with Crippen LogP contribution in [0.3, 0.4) is 0 Å². The molecule has 1 unspecified atom stereocenters. The van der Waals surface area contributed by atoms with Gasteiger partial charge in [0.05, 0.1) is 5.75 Å². The fourth-order valence-corrected chi connectivity index (χ4v) is 4.48. The molecule has 1 fully saturated rings. The lowest BCUT2D eigenvalue weighted by Gasteiger charge is -2.25. The maximum absolute atomic E-state index is 12.0. The summed E-state index contributed by atoms with van der Waals surface area (Å²) in [6.45, 7) is 3.99. The van der Waals surface area contributed by atoms with Crippen LogP contribution in [0.25, 0.3) is 0 Å². The number of sulfonamides is 1. The van der Waals surface area contributed by atoms with Crippen molar-refractivity contribution in [3.63, 3.8) is 0 Å². The number of nitrogens with one attached hydrogen (secondary N) is 1. The van der Waals surface area contributed by atoms with E-state index < -0.39 is 10.0 Å². The van der Waals surface area contributed by atoms with Crippen molar-refractivity contribution < 1.29 is 8.42 Å². The highest BCUT2D eigenvalue weighted by atomic mass is 79.9. The lowest BCUT2D eigenvalue weighted by Crippen LogP contribution is -2.42. The zero-order chi connectivity index (χ0) is 14.8. The highest BCUT2D eigenvalue weighted by molar-refractivity contribution is 9.10. The molecule has 1 aromatic rings. The fourth-order valence-electron chi connectivity index (χ4n) is 2.66. The lowest BCUT2D eigenvalue weighted by molar-refractivity contribution is 0.493. The minimum Gasteiger partial charge on any atom is -0.212 e. The molecule has 0 bridgehead atoms. The first kappa shape index (κ1) is 16.0. The van der Waals surface area contributed by atoms with Gasteiger partial charge in [-0.25, -0.2) is 13.1 Å². The highest BCUT2D eigenvalue weighted by Crippen LogP contribution is 2.51. The number of hydrogen-bond donors (Lipinski definition) is 1. The molecule has 112 valence electrons. The van der Waals surface area contributed by atoms with Gasteiger partial charge in [-0.15, -0.1) is 0 Å². The Bertz CT molecular complexity index is 550. The Morgan fingerprint density at radius 1 is 1.30 bits per heavy atom. The first-order valence-electron chi connectivity index (χ1n) is 7.16. The van der Waals surface area contributed by atoms with Crippen LogP contribution in [0.5, 0.6) is 0 Å². The Balaban J connectivity index is 2.09. The second-order valence-corrected chi connectivity index (χ2v) is 8.46. The van der Waals surface area contributed by atoms with Crippen LogP contribution < -0.4 is 4.72 Å². The van der Waals surface area contributed by atoms with Crippen molar-refractivity contribution in [2.45, 2.75) is 51.0 Å². The number of halogens is 1. The molecule has 0 aromatic heterocycles. The van der Waals surface area contributed by atoms with E-state index >= 15 is 0 Å². The van der Waals surface area contributed by atoms with Crippen LogP contribution in [-0.2, 0) is 15.4 Å². The summed E-state index contributed by atoms with van der Waals surface area (Å²) in [6.07, 6.45) is 3.71. The Hall–Kier alpha value is -0.390. The molecule has 1 aliphatic rings. The number of benzene rings is 1. The predicted octanol–water partition coefficient (Wildman–Crippen LogP) is 3.59. The van der Waals surface area contributed by atoms with Crippen molar-refractivity contribution in [3.05, 3.63) is 34.3 Å². The third-order valence-corrected chi connectivity index (χ3v) is 6.23. The largest absolute Gasteiger partial charge is 0.212 e. The monoisotopic (exact) mass is 359 g/mol. The van der Waals surface area contributed by atoms with Crippen LogP contribution in [0.4, 0.5) is 0 Å². The third kappa shape index (κ3) is 3.62. The third-order valence-electron chi connectivity index (χ3n) is 4.16. The van der Waals surface area contributed by atoms with Crippen molar-refractivity contribution in [2.75, 3.05) is 5.75 Å². The number of hydrogen-bond acceptors (Lipinski definition) is 2. The average molecular weight is 360 g/mol. The van der Waals surface area contributed by atoms with Crippen molar-refractivity contribution in [3.8, 4) is 0 Å². The van der Waals surface area contributed by atoms with Gasteiger partial charge >= 0.3 is 0 Å². The zero-order valence-electron chi connectivity index (χ0n) is 12.0. The first-order chi connectivity index (χ1) is 9.39. The molecule has 2 rings (SSSR count). The van der Waals surface area contributed by atoms with Gasteiger partial charge in [0, 0.05) is 15.9 Å². The van der Waals surface area contributed by atoms with E-state index in [-0.39, 0.29) is 17.2 Å². The summed E-state index contributed by atoms with van der Waals surface area (Å²) >= 11 is 3.44. The van der Waals surface area contributed by atoms with Gasteiger partial charge in [-0.05, 0) is 43.9 Å². The maximum atomic E-state index is 12.0. The normalized spacial score (nSPS) is 18.8. The molecule has 0 heterocycles. The molecule has 0 spiro atoms. The van der Waals surface area contributed by atoms with Crippen LogP contribution in [-0.4, -0.2) is 20.2 Å². The molecule has 3 nitrogen and oxygen atoms in total. The Morgan fingerprint density at radius 3 is 2.40 bits per heavy atom. The van der Waals surface area contributed by atoms with E-state index in [0.29, 0.717) is 6.42 Å². The van der Waals surface area contributed by atoms with Crippen LogP contribution >= 0.6 is 15.9 Å². The van der Waals surface area contributed by atoms with E-state index in [4.69, 9.17) is 0 Å². The molecular formula is C15H22BrNO2S. The Labute approximate surface area is 130 Å². The van der Waals surface area contributed by atoms with Crippen molar-refractivity contribution in [1.82, 2.24) is 4.72 Å². The molecule has 1 N–H and O–H groups in total. The maximum Gasteiger partial charge on any atom is 0.211 e. The average Bonchev–Trinajstić information content (AvgIpc) is 3.18. The van der Waals surface area contributed by atoms with Crippen LogP contribution in [0.15, 0.2) is 28.7 Å². The first-order valence-corrected chi connectivity index (χ1v) is 9.60. The second-order valence-electron chi connectivity index (χ2n) is 5.67. The topological polar surface area (TPSA) is 46.2 Å². The van der Waals surface area contributed by atoms with Gasteiger partial charge in [-0.3, -0.25) is 0 Å². The summed E-state index contributed by atoms with van der Waals surface area (Å²) < 4.78 is 28.0. The van der Waals surface area contributed by atoms with E-state index in [1.54, 1.807) is 0 Å². The van der Waals surface area contributed by atoms with Crippen molar-refractivity contribution in [2.24, 2.45) is 0 Å². The van der Waals surface area contributed by atoms with E-state index in [1.165, 1.54) is 5.56 Å². The van der Waals surface area contributed by atoms with Gasteiger partial charge in [-0.1, -0.05) is 41.4 Å². The number of rotatable bonds is 7.